The second kappa shape index (κ2) is 32.8. The highest BCUT2D eigenvalue weighted by Gasteiger charge is 2.34. The average molecular weight is 1170 g/mol. The Bertz CT molecular complexity index is 2980. The van der Waals surface area contributed by atoms with Crippen LogP contribution in [0.4, 0.5) is 5.13 Å². The number of aromatic nitrogens is 1. The number of unbranched alkanes of at least 4 members (excludes halogenated alkanes) is 6. The van der Waals surface area contributed by atoms with Gasteiger partial charge in [-0.15, -0.1) is 0 Å². The van der Waals surface area contributed by atoms with Gasteiger partial charge in [0.1, 0.15) is 34.5 Å². The van der Waals surface area contributed by atoms with Crippen molar-refractivity contribution >= 4 is 68.7 Å². The van der Waals surface area contributed by atoms with Gasteiger partial charge in [0.15, 0.2) is 0 Å². The number of fused-ring (bicyclic) bond motifs is 1. The molecule has 3 aliphatic carbocycles. The molecule has 0 aliphatic heterocycles. The van der Waals surface area contributed by atoms with Crippen LogP contribution in [0.3, 0.4) is 0 Å². The Morgan fingerprint density at radius 2 is 0.929 bits per heavy atom. The number of rotatable bonds is 30. The average Bonchev–Trinajstić information content (AvgIpc) is 4.03. The maximum atomic E-state index is 14.0. The summed E-state index contributed by atoms with van der Waals surface area (Å²) in [4.78, 5) is 81.7. The standard InChI is InChI=1S/C66H77N3O14S/c1-3-60(70)78-42-16-7-5-14-40-76-52-30-34-54(35-31-52)80-62(72)46-22-24-48(25-23-46)64(74)82-56-38-39-58(50(44-56)45-67-69(51-18-10-9-11-19-51)66-68-57-20-12-13-21-59(57)84-66)83-65(75)49-28-26-47(27-29-49)63(73)81-55-36-32-53(33-37-55)77-41-15-6-8-17-43-79-61(71)4-2/h3-4,12-13,20-21,30-39,44-49,51H,1-2,5-11,14-19,22-29,40-43H2/b67-45+. The van der Waals surface area contributed by atoms with E-state index in [4.69, 9.17) is 48.0 Å². The molecule has 8 rings (SSSR count). The highest BCUT2D eigenvalue weighted by Crippen LogP contribution is 2.37. The topological polar surface area (TPSA) is 205 Å². The van der Waals surface area contributed by atoms with Gasteiger partial charge in [0, 0.05) is 17.7 Å². The zero-order valence-electron chi connectivity index (χ0n) is 47.8. The summed E-state index contributed by atoms with van der Waals surface area (Å²) in [5.74, 6) is -1.34. The van der Waals surface area contributed by atoms with Crippen LogP contribution in [0.1, 0.15) is 140 Å². The van der Waals surface area contributed by atoms with Crippen molar-refractivity contribution in [3.05, 3.63) is 122 Å². The van der Waals surface area contributed by atoms with Gasteiger partial charge in [0.25, 0.3) is 0 Å². The van der Waals surface area contributed by atoms with E-state index in [1.165, 1.54) is 0 Å². The van der Waals surface area contributed by atoms with Gasteiger partial charge in [-0.3, -0.25) is 19.2 Å². The molecule has 1 heterocycles. The number of carbonyl (C=O) groups excluding carboxylic acids is 6. The van der Waals surface area contributed by atoms with E-state index in [0.29, 0.717) is 106 Å². The number of para-hydroxylation sites is 1. The Labute approximate surface area is 495 Å². The van der Waals surface area contributed by atoms with Crippen molar-refractivity contribution in [2.45, 2.75) is 141 Å². The SMILES string of the molecule is C=CC(=O)OCCCCCCOc1ccc(OC(=O)C2CCC(C(=O)Oc3ccc(OC(=O)C4CCC(C(=O)Oc5ccc(OCCCCCCOC(=O)C=C)cc5)CC4)c(/C=N/N(c4nc5ccccc5s4)C4CCCCC4)c3)CC2)cc1. The lowest BCUT2D eigenvalue weighted by atomic mass is 9.82. The fraction of sp³-hybridized carbons (Fsp3) is 0.455. The predicted octanol–water partition coefficient (Wildman–Crippen LogP) is 13.4. The Hall–Kier alpha value is -7.86. The number of carbonyl (C=O) groups is 6. The fourth-order valence-corrected chi connectivity index (χ4v) is 11.6. The molecule has 1 aromatic heterocycles. The summed E-state index contributed by atoms with van der Waals surface area (Å²) in [7, 11) is 0. The maximum absolute atomic E-state index is 14.0. The second-order valence-electron chi connectivity index (χ2n) is 21.5. The molecule has 3 saturated carbocycles. The highest BCUT2D eigenvalue weighted by molar-refractivity contribution is 7.22. The molecule has 18 heteroatoms. The molecule has 3 aliphatic rings. The normalized spacial score (nSPS) is 18.0. The minimum Gasteiger partial charge on any atom is -0.494 e. The van der Waals surface area contributed by atoms with Crippen molar-refractivity contribution in [1.82, 2.24) is 4.98 Å². The Morgan fingerprint density at radius 1 is 0.500 bits per heavy atom. The van der Waals surface area contributed by atoms with Gasteiger partial charge in [-0.1, -0.05) is 55.9 Å². The monoisotopic (exact) mass is 1170 g/mol. The van der Waals surface area contributed by atoms with Crippen molar-refractivity contribution in [3.63, 3.8) is 0 Å². The van der Waals surface area contributed by atoms with Gasteiger partial charge in [0.2, 0.25) is 5.13 Å². The lowest BCUT2D eigenvalue weighted by Gasteiger charge is -2.30. The third-order valence-electron chi connectivity index (χ3n) is 15.4. The van der Waals surface area contributed by atoms with Crippen molar-refractivity contribution in [3.8, 4) is 34.5 Å². The lowest BCUT2D eigenvalue weighted by molar-refractivity contribution is -0.145. The van der Waals surface area contributed by atoms with E-state index >= 15 is 0 Å². The van der Waals surface area contributed by atoms with Crippen LogP contribution >= 0.6 is 11.3 Å². The smallest absolute Gasteiger partial charge is 0.330 e. The molecule has 4 aromatic carbocycles. The molecule has 3 fully saturated rings. The highest BCUT2D eigenvalue weighted by atomic mass is 32.1. The number of nitrogens with zero attached hydrogens (tertiary/aromatic N) is 3. The largest absolute Gasteiger partial charge is 0.494 e. The summed E-state index contributed by atoms with van der Waals surface area (Å²) < 4.78 is 46.5. The Morgan fingerprint density at radius 3 is 1.40 bits per heavy atom. The number of anilines is 1. The van der Waals surface area contributed by atoms with E-state index in [-0.39, 0.29) is 41.3 Å². The van der Waals surface area contributed by atoms with Crippen LogP contribution < -0.4 is 33.4 Å². The number of esters is 6. The molecule has 0 atom stereocenters. The summed E-state index contributed by atoms with van der Waals surface area (Å²) >= 11 is 1.57. The molecule has 5 aromatic rings. The Balaban J connectivity index is 0.835. The molecule has 0 saturated heterocycles. The van der Waals surface area contributed by atoms with E-state index in [1.807, 2.05) is 29.3 Å². The summed E-state index contributed by atoms with van der Waals surface area (Å²) in [5.41, 5.74) is 1.32. The molecule has 0 amide bonds. The van der Waals surface area contributed by atoms with E-state index in [2.05, 4.69) is 13.2 Å². The van der Waals surface area contributed by atoms with Crippen LogP contribution in [-0.2, 0) is 38.2 Å². The van der Waals surface area contributed by atoms with Gasteiger partial charge < -0.3 is 37.9 Å². The number of benzene rings is 4. The molecule has 0 N–H and O–H groups in total. The number of hydrogen-bond donors (Lipinski definition) is 0. The summed E-state index contributed by atoms with van der Waals surface area (Å²) in [6, 6.07) is 26.9. The van der Waals surface area contributed by atoms with Gasteiger partial charge >= 0.3 is 35.8 Å². The van der Waals surface area contributed by atoms with Gasteiger partial charge in [0.05, 0.1) is 72.6 Å². The summed E-state index contributed by atoms with van der Waals surface area (Å²) in [6.45, 7) is 8.60. The maximum Gasteiger partial charge on any atom is 0.330 e. The molecule has 446 valence electrons. The van der Waals surface area contributed by atoms with Crippen molar-refractivity contribution in [2.75, 3.05) is 31.4 Å². The van der Waals surface area contributed by atoms with E-state index < -0.39 is 35.7 Å². The zero-order valence-corrected chi connectivity index (χ0v) is 48.7. The van der Waals surface area contributed by atoms with Crippen molar-refractivity contribution in [2.24, 2.45) is 28.8 Å². The van der Waals surface area contributed by atoms with Crippen LogP contribution in [0.5, 0.6) is 34.5 Å². The van der Waals surface area contributed by atoms with Crippen LogP contribution in [0, 0.1) is 23.7 Å². The summed E-state index contributed by atoms with van der Waals surface area (Å²) in [6.07, 6.45) is 19.7. The van der Waals surface area contributed by atoms with Gasteiger partial charge in [-0.2, -0.15) is 5.10 Å². The third kappa shape index (κ3) is 19.4. The quantitative estimate of drug-likeness (QED) is 0.0105. The molecular formula is C66H77N3O14S. The molecule has 0 bridgehead atoms. The molecule has 0 spiro atoms. The summed E-state index contributed by atoms with van der Waals surface area (Å²) in [5, 5.41) is 7.79. The van der Waals surface area contributed by atoms with Crippen molar-refractivity contribution < 1.29 is 66.7 Å². The first-order chi connectivity index (χ1) is 41.0. The van der Waals surface area contributed by atoms with Crippen LogP contribution in [0.15, 0.2) is 121 Å². The zero-order chi connectivity index (χ0) is 58.9. The van der Waals surface area contributed by atoms with E-state index in [9.17, 15) is 28.8 Å². The second-order valence-corrected chi connectivity index (χ2v) is 22.5. The molecule has 0 radical (unpaired) electrons. The first-order valence-corrected chi connectivity index (χ1v) is 30.6. The first-order valence-electron chi connectivity index (χ1n) is 29.8. The third-order valence-corrected chi connectivity index (χ3v) is 16.5. The van der Waals surface area contributed by atoms with Gasteiger partial charge in [-0.25, -0.2) is 19.6 Å². The molecule has 17 nitrogen and oxygen atoms in total. The number of hydrazone groups is 1. The first kappa shape index (κ1) is 62.2. The van der Waals surface area contributed by atoms with E-state index in [0.717, 1.165) is 111 Å². The number of thiazole rings is 1. The van der Waals surface area contributed by atoms with Crippen molar-refractivity contribution in [1.29, 1.82) is 0 Å². The van der Waals surface area contributed by atoms with E-state index in [1.54, 1.807) is 84.3 Å². The van der Waals surface area contributed by atoms with Crippen LogP contribution in [-0.4, -0.2) is 79.5 Å². The fourth-order valence-electron chi connectivity index (χ4n) is 10.6. The van der Waals surface area contributed by atoms with Crippen LogP contribution in [0.2, 0.25) is 0 Å². The minimum absolute atomic E-state index is 0.105. The van der Waals surface area contributed by atoms with Crippen LogP contribution in [0.25, 0.3) is 10.2 Å². The lowest BCUT2D eigenvalue weighted by Crippen LogP contribution is -2.32. The molecule has 0 unspecified atom stereocenters. The Kier molecular flexibility index (Phi) is 24.3. The number of ether oxygens (including phenoxy) is 8. The van der Waals surface area contributed by atoms with Gasteiger partial charge in [-0.05, 0) is 194 Å². The molecule has 84 heavy (non-hydrogen) atoms. The minimum atomic E-state index is -0.460. The predicted molar refractivity (Wildman–Crippen MR) is 320 cm³/mol. The molecular weight excluding hydrogens is 1090 g/mol. The number of hydrogen-bond acceptors (Lipinski definition) is 18.